The maximum Gasteiger partial charge on any atom is 0.407 e. The predicted octanol–water partition coefficient (Wildman–Crippen LogP) is 6.93. The number of benzene rings is 1. The molecule has 272 valence electrons. The fourth-order valence-electron chi connectivity index (χ4n) is 7.27. The molecule has 0 radical (unpaired) electrons. The average Bonchev–Trinajstić information content (AvgIpc) is 3.47. The second-order valence-electron chi connectivity index (χ2n) is 15.5. The van der Waals surface area contributed by atoms with Crippen molar-refractivity contribution in [1.29, 1.82) is 0 Å². The van der Waals surface area contributed by atoms with Crippen LogP contribution in [-0.2, 0) is 4.74 Å². The monoisotopic (exact) mass is 683 g/mol. The van der Waals surface area contributed by atoms with E-state index in [9.17, 15) is 14.0 Å². The number of rotatable bonds is 15. The highest BCUT2D eigenvalue weighted by molar-refractivity contribution is 5.97. The van der Waals surface area contributed by atoms with Gasteiger partial charge in [0.15, 0.2) is 5.82 Å². The Kier molecular flexibility index (Phi) is 12.8. The van der Waals surface area contributed by atoms with Crippen LogP contribution in [0.15, 0.2) is 24.5 Å². The summed E-state index contributed by atoms with van der Waals surface area (Å²) in [6.07, 6.45) is 5.70. The largest absolute Gasteiger partial charge is 0.446 e. The summed E-state index contributed by atoms with van der Waals surface area (Å²) in [6, 6.07) is 4.31. The van der Waals surface area contributed by atoms with Crippen molar-refractivity contribution in [2.24, 2.45) is 16.7 Å². The van der Waals surface area contributed by atoms with Crippen LogP contribution in [0, 0.1) is 22.6 Å². The maximum absolute atomic E-state index is 14.3. The van der Waals surface area contributed by atoms with Gasteiger partial charge in [-0.15, -0.1) is 10.2 Å². The molecule has 1 aromatic carbocycles. The average molecular weight is 684 g/mol. The molecule has 2 saturated heterocycles. The Bertz CT molecular complexity index is 1410. The second-order valence-corrected chi connectivity index (χ2v) is 15.5. The molecule has 1 N–H and O–H groups in total. The number of carbonyl (C=O) groups is 2. The molecule has 2 fully saturated rings. The van der Waals surface area contributed by atoms with Gasteiger partial charge in [0, 0.05) is 56.8 Å². The minimum absolute atomic E-state index is 0.0576. The first kappa shape index (κ1) is 38.3. The zero-order valence-electron chi connectivity index (χ0n) is 31.1. The standard InChI is InChI=1S/C37H58FN7O4/c1-10-13-31(36(7,8)9)49-35(47)39-18-12-14-29(25(3)4)44-22-37(23-44)17-19-43(21-37)32-33(42-41-24-40-32)48-30-16-15-27(38)20-28(30)34(46)45(11-2)26(5)6/h15-16,20,24-26,29,31H,10-14,17-19,21-23H2,1-9H3,(H,39,47). The topological polar surface area (TPSA) is 113 Å². The Morgan fingerprint density at radius 1 is 1.10 bits per heavy atom. The van der Waals surface area contributed by atoms with Crippen LogP contribution >= 0.6 is 0 Å². The molecule has 49 heavy (non-hydrogen) atoms. The van der Waals surface area contributed by atoms with Crippen LogP contribution < -0.4 is 15.0 Å². The van der Waals surface area contributed by atoms with Gasteiger partial charge in [0.25, 0.3) is 11.8 Å². The van der Waals surface area contributed by atoms with E-state index in [0.717, 1.165) is 58.3 Å². The number of likely N-dealkylation sites (tertiary alicyclic amines) is 1. The van der Waals surface area contributed by atoms with E-state index in [4.69, 9.17) is 9.47 Å². The lowest BCUT2D eigenvalue weighted by Crippen LogP contribution is -2.62. The quantitative estimate of drug-likeness (QED) is 0.200. The molecule has 11 nitrogen and oxygen atoms in total. The summed E-state index contributed by atoms with van der Waals surface area (Å²) in [5, 5.41) is 11.2. The molecule has 2 aliphatic heterocycles. The molecule has 2 unspecified atom stereocenters. The summed E-state index contributed by atoms with van der Waals surface area (Å²) >= 11 is 0. The number of hydrogen-bond acceptors (Lipinski definition) is 9. The highest BCUT2D eigenvalue weighted by atomic mass is 19.1. The highest BCUT2D eigenvalue weighted by Crippen LogP contribution is 2.44. The molecule has 2 atom stereocenters. The van der Waals surface area contributed by atoms with Crippen LogP contribution in [0.2, 0.25) is 0 Å². The van der Waals surface area contributed by atoms with Gasteiger partial charge in [0.1, 0.15) is 24.0 Å². The maximum atomic E-state index is 14.3. The van der Waals surface area contributed by atoms with Crippen molar-refractivity contribution in [3.8, 4) is 11.6 Å². The molecule has 0 aliphatic carbocycles. The van der Waals surface area contributed by atoms with Crippen LogP contribution in [-0.4, -0.2) is 94.4 Å². The molecule has 2 aromatic rings. The zero-order chi connectivity index (χ0) is 35.9. The second kappa shape index (κ2) is 16.4. The van der Waals surface area contributed by atoms with Gasteiger partial charge in [-0.2, -0.15) is 0 Å². The van der Waals surface area contributed by atoms with Gasteiger partial charge in [0.2, 0.25) is 0 Å². The van der Waals surface area contributed by atoms with Crippen molar-refractivity contribution in [1.82, 2.24) is 30.3 Å². The molecule has 3 heterocycles. The lowest BCUT2D eigenvalue weighted by atomic mass is 9.76. The summed E-state index contributed by atoms with van der Waals surface area (Å²) in [5.41, 5.74) is 0.181. The number of nitrogens with one attached hydrogen (secondary N) is 1. The molecule has 12 heteroatoms. The van der Waals surface area contributed by atoms with Crippen LogP contribution in [0.5, 0.6) is 11.6 Å². The molecule has 2 amide bonds. The fraction of sp³-hybridized carbons (Fsp3) is 0.703. The summed E-state index contributed by atoms with van der Waals surface area (Å²) < 4.78 is 26.3. The Hall–Kier alpha value is -3.54. The van der Waals surface area contributed by atoms with Crippen LogP contribution in [0.4, 0.5) is 15.0 Å². The van der Waals surface area contributed by atoms with Crippen molar-refractivity contribution < 1.29 is 23.5 Å². The van der Waals surface area contributed by atoms with Gasteiger partial charge >= 0.3 is 6.09 Å². The molecule has 0 saturated carbocycles. The van der Waals surface area contributed by atoms with E-state index in [1.165, 1.54) is 24.5 Å². The van der Waals surface area contributed by atoms with Crippen molar-refractivity contribution in [3.63, 3.8) is 0 Å². The van der Waals surface area contributed by atoms with Gasteiger partial charge < -0.3 is 24.6 Å². The summed E-state index contributed by atoms with van der Waals surface area (Å²) in [5.74, 6) is 0.634. The minimum Gasteiger partial charge on any atom is -0.446 e. The highest BCUT2D eigenvalue weighted by Gasteiger charge is 2.50. The number of alkyl carbamates (subject to hydrolysis) is 1. The van der Waals surface area contributed by atoms with E-state index >= 15 is 0 Å². The van der Waals surface area contributed by atoms with E-state index in [1.54, 1.807) is 4.90 Å². The van der Waals surface area contributed by atoms with Crippen molar-refractivity contribution in [2.75, 3.05) is 44.2 Å². The number of anilines is 1. The van der Waals surface area contributed by atoms with Crippen LogP contribution in [0.1, 0.15) is 105 Å². The first-order chi connectivity index (χ1) is 23.2. The number of ether oxygens (including phenoxy) is 2. The molecule has 1 spiro atoms. The lowest BCUT2D eigenvalue weighted by Gasteiger charge is -2.53. The lowest BCUT2D eigenvalue weighted by molar-refractivity contribution is -0.0339. The predicted molar refractivity (Wildman–Crippen MR) is 189 cm³/mol. The normalized spacial score (nSPS) is 17.3. The number of amides is 2. The summed E-state index contributed by atoms with van der Waals surface area (Å²) in [6.45, 7) is 23.3. The van der Waals surface area contributed by atoms with Crippen LogP contribution in [0.25, 0.3) is 0 Å². The van der Waals surface area contributed by atoms with E-state index in [0.29, 0.717) is 30.9 Å². The van der Waals surface area contributed by atoms with Crippen molar-refractivity contribution in [2.45, 2.75) is 113 Å². The Morgan fingerprint density at radius 3 is 2.47 bits per heavy atom. The molecular formula is C37H58FN7O4. The number of hydrogen-bond donors (Lipinski definition) is 1. The molecular weight excluding hydrogens is 625 g/mol. The van der Waals surface area contributed by atoms with Gasteiger partial charge in [-0.1, -0.05) is 48.0 Å². The smallest absolute Gasteiger partial charge is 0.407 e. The molecule has 2 aliphatic rings. The number of carbonyl (C=O) groups excluding carboxylic acids is 2. The Balaban J connectivity index is 1.35. The van der Waals surface area contributed by atoms with Gasteiger partial charge in [-0.05, 0) is 76.0 Å². The zero-order valence-corrected chi connectivity index (χ0v) is 31.1. The third-order valence-corrected chi connectivity index (χ3v) is 9.94. The van der Waals surface area contributed by atoms with E-state index in [2.05, 4.69) is 71.8 Å². The van der Waals surface area contributed by atoms with E-state index in [1.807, 2.05) is 20.8 Å². The Morgan fingerprint density at radius 2 is 1.84 bits per heavy atom. The van der Waals surface area contributed by atoms with Crippen molar-refractivity contribution >= 4 is 17.8 Å². The summed E-state index contributed by atoms with van der Waals surface area (Å²) in [4.78, 5) is 36.9. The number of halogens is 1. The van der Waals surface area contributed by atoms with Crippen molar-refractivity contribution in [3.05, 3.63) is 35.9 Å². The third-order valence-electron chi connectivity index (χ3n) is 9.94. The SMILES string of the molecule is CCCC(OC(=O)NCCCC(C(C)C)N1CC2(CCN(c3ncnnc3Oc3ccc(F)cc3C(=O)N(CC)C(C)C)C2)C1)C(C)(C)C. The molecule has 4 rings (SSSR count). The van der Waals surface area contributed by atoms with Gasteiger partial charge in [-0.3, -0.25) is 9.69 Å². The number of aromatic nitrogens is 3. The van der Waals surface area contributed by atoms with Gasteiger partial charge in [0.05, 0.1) is 5.56 Å². The van der Waals surface area contributed by atoms with E-state index in [-0.39, 0.29) is 52.2 Å². The van der Waals surface area contributed by atoms with Crippen LogP contribution in [0.3, 0.4) is 0 Å². The minimum atomic E-state index is -0.515. The Labute approximate surface area is 292 Å². The first-order valence-electron chi connectivity index (χ1n) is 18.1. The molecule has 0 bridgehead atoms. The third kappa shape index (κ3) is 9.58. The summed E-state index contributed by atoms with van der Waals surface area (Å²) in [7, 11) is 0. The molecule has 1 aromatic heterocycles. The van der Waals surface area contributed by atoms with E-state index < -0.39 is 5.82 Å². The first-order valence-corrected chi connectivity index (χ1v) is 18.1. The fourth-order valence-corrected chi connectivity index (χ4v) is 7.27. The van der Waals surface area contributed by atoms with Gasteiger partial charge in [-0.25, -0.2) is 14.2 Å². The number of nitrogens with zero attached hydrogens (tertiary/aromatic N) is 6.